The Morgan fingerprint density at radius 3 is 2.41 bits per heavy atom. The molecule has 2 saturated carbocycles. The summed E-state index contributed by atoms with van der Waals surface area (Å²) in [6.45, 7) is 5.85. The van der Waals surface area contributed by atoms with Crippen molar-refractivity contribution in [3.8, 4) is 0 Å². The summed E-state index contributed by atoms with van der Waals surface area (Å²) in [5.74, 6) is 0.853. The average Bonchev–Trinajstić information content (AvgIpc) is 3.42. The predicted molar refractivity (Wildman–Crippen MR) is 107 cm³/mol. The van der Waals surface area contributed by atoms with Crippen LogP contribution in [0.1, 0.15) is 64.5 Å². The van der Waals surface area contributed by atoms with Crippen molar-refractivity contribution in [3.63, 3.8) is 0 Å². The van der Waals surface area contributed by atoms with Crippen LogP contribution < -0.4 is 0 Å². The molecule has 0 N–H and O–H groups in total. The Morgan fingerprint density at radius 2 is 1.85 bits per heavy atom. The van der Waals surface area contributed by atoms with Crippen molar-refractivity contribution in [2.24, 2.45) is 18.9 Å². The van der Waals surface area contributed by atoms with Crippen LogP contribution in [0.3, 0.4) is 0 Å². The minimum atomic E-state index is 0.0842. The molecule has 0 aliphatic heterocycles. The summed E-state index contributed by atoms with van der Waals surface area (Å²) in [5.41, 5.74) is 1.13. The van der Waals surface area contributed by atoms with Gasteiger partial charge in [0.1, 0.15) is 6.54 Å². The van der Waals surface area contributed by atoms with E-state index in [9.17, 15) is 9.59 Å². The largest absolute Gasteiger partial charge is 0.353 e. The van der Waals surface area contributed by atoms with E-state index >= 15 is 0 Å². The van der Waals surface area contributed by atoms with Crippen molar-refractivity contribution in [2.75, 3.05) is 13.1 Å². The first-order valence-corrected chi connectivity index (χ1v) is 10.6. The van der Waals surface area contributed by atoms with E-state index in [4.69, 9.17) is 0 Å². The Kier molecular flexibility index (Phi) is 6.61. The van der Waals surface area contributed by atoms with Gasteiger partial charge in [0.2, 0.25) is 11.8 Å². The topological polar surface area (TPSA) is 45.6 Å². The van der Waals surface area contributed by atoms with E-state index in [1.165, 1.54) is 6.42 Å². The lowest BCUT2D eigenvalue weighted by Gasteiger charge is -2.32. The molecule has 3 rings (SSSR count). The van der Waals surface area contributed by atoms with Crippen molar-refractivity contribution >= 4 is 11.8 Å². The summed E-state index contributed by atoms with van der Waals surface area (Å²) < 4.78 is 2.06. The highest BCUT2D eigenvalue weighted by Gasteiger charge is 2.37. The fraction of sp³-hybridized carbons (Fsp3) is 0.727. The van der Waals surface area contributed by atoms with Gasteiger partial charge in [-0.25, -0.2) is 0 Å². The molecule has 2 fully saturated rings. The number of rotatable bonds is 8. The zero-order valence-corrected chi connectivity index (χ0v) is 17.2. The summed E-state index contributed by atoms with van der Waals surface area (Å²) in [6, 6.07) is 4.36. The number of aryl methyl sites for hydroxylation is 1. The minimum absolute atomic E-state index is 0.0842. The van der Waals surface area contributed by atoms with Crippen LogP contribution in [0, 0.1) is 11.8 Å². The Hall–Kier alpha value is -1.78. The van der Waals surface area contributed by atoms with Crippen LogP contribution in [0.2, 0.25) is 0 Å². The van der Waals surface area contributed by atoms with Crippen LogP contribution >= 0.6 is 0 Å². The van der Waals surface area contributed by atoms with Gasteiger partial charge in [0, 0.05) is 37.4 Å². The van der Waals surface area contributed by atoms with Crippen LogP contribution in [-0.4, -0.2) is 45.3 Å². The molecule has 2 amide bonds. The van der Waals surface area contributed by atoms with Gasteiger partial charge in [-0.1, -0.05) is 33.1 Å². The number of amides is 2. The molecular formula is C22H35N3O2. The van der Waals surface area contributed by atoms with Crippen molar-refractivity contribution < 1.29 is 9.59 Å². The Bertz CT molecular complexity index is 642. The second-order valence-electron chi connectivity index (χ2n) is 8.81. The third-order valence-electron chi connectivity index (χ3n) is 5.87. The van der Waals surface area contributed by atoms with Gasteiger partial charge in [-0.05, 0) is 43.7 Å². The highest BCUT2D eigenvalue weighted by Crippen LogP contribution is 2.32. The summed E-state index contributed by atoms with van der Waals surface area (Å²) in [7, 11) is 2.01. The molecule has 5 nitrogen and oxygen atoms in total. The molecule has 0 unspecified atom stereocenters. The highest BCUT2D eigenvalue weighted by atomic mass is 16.2. The first-order chi connectivity index (χ1) is 13.0. The van der Waals surface area contributed by atoms with Gasteiger partial charge in [0.15, 0.2) is 0 Å². The maximum Gasteiger partial charge on any atom is 0.242 e. The van der Waals surface area contributed by atoms with Crippen molar-refractivity contribution in [1.29, 1.82) is 0 Å². The van der Waals surface area contributed by atoms with Crippen LogP contribution in [0.4, 0.5) is 0 Å². The summed E-state index contributed by atoms with van der Waals surface area (Å²) >= 11 is 0. The van der Waals surface area contributed by atoms with Crippen molar-refractivity contribution in [3.05, 3.63) is 24.0 Å². The van der Waals surface area contributed by atoms with E-state index in [1.54, 1.807) is 0 Å². The molecule has 27 heavy (non-hydrogen) atoms. The molecule has 2 aliphatic carbocycles. The molecule has 1 aromatic rings. The maximum absolute atomic E-state index is 13.2. The quantitative estimate of drug-likeness (QED) is 0.699. The van der Waals surface area contributed by atoms with Gasteiger partial charge in [-0.15, -0.1) is 0 Å². The average molecular weight is 374 g/mol. The molecular weight excluding hydrogens is 338 g/mol. The lowest BCUT2D eigenvalue weighted by atomic mass is 9.88. The van der Waals surface area contributed by atoms with E-state index < -0.39 is 0 Å². The molecule has 1 aromatic heterocycles. The van der Waals surface area contributed by atoms with Gasteiger partial charge < -0.3 is 14.4 Å². The Labute approximate surface area is 163 Å². The molecule has 150 valence electrons. The van der Waals surface area contributed by atoms with E-state index in [0.717, 1.165) is 50.8 Å². The first kappa shape index (κ1) is 20.0. The van der Waals surface area contributed by atoms with E-state index in [0.29, 0.717) is 18.5 Å². The molecule has 2 aliphatic rings. The number of nitrogens with zero attached hydrogens (tertiary/aromatic N) is 3. The lowest BCUT2D eigenvalue weighted by molar-refractivity contribution is -0.144. The van der Waals surface area contributed by atoms with Crippen LogP contribution in [0.25, 0.3) is 0 Å². The van der Waals surface area contributed by atoms with Gasteiger partial charge >= 0.3 is 0 Å². The molecule has 0 atom stereocenters. The normalized spacial score (nSPS) is 17.9. The molecule has 0 radical (unpaired) electrons. The monoisotopic (exact) mass is 373 g/mol. The Balaban J connectivity index is 1.67. The molecule has 0 saturated heterocycles. The number of hydrogen-bond acceptors (Lipinski definition) is 2. The molecule has 0 bridgehead atoms. The number of aromatic nitrogens is 1. The van der Waals surface area contributed by atoms with Crippen LogP contribution in [0.15, 0.2) is 18.3 Å². The lowest BCUT2D eigenvalue weighted by Crippen LogP contribution is -2.47. The number of hydrogen-bond donors (Lipinski definition) is 0. The van der Waals surface area contributed by atoms with Crippen molar-refractivity contribution in [1.82, 2.24) is 14.4 Å². The van der Waals surface area contributed by atoms with E-state index in [1.807, 2.05) is 29.1 Å². The van der Waals surface area contributed by atoms with Crippen molar-refractivity contribution in [2.45, 2.75) is 71.4 Å². The number of carbonyl (C=O) groups is 2. The fourth-order valence-electron chi connectivity index (χ4n) is 4.15. The molecule has 0 spiro atoms. The molecule has 5 heteroatoms. The second-order valence-corrected chi connectivity index (χ2v) is 8.81. The van der Waals surface area contributed by atoms with Crippen LogP contribution in [0.5, 0.6) is 0 Å². The zero-order valence-electron chi connectivity index (χ0n) is 17.2. The third-order valence-corrected chi connectivity index (χ3v) is 5.87. The van der Waals surface area contributed by atoms with Gasteiger partial charge in [-0.3, -0.25) is 9.59 Å². The molecule has 1 heterocycles. The fourth-order valence-corrected chi connectivity index (χ4v) is 4.15. The predicted octanol–water partition coefficient (Wildman–Crippen LogP) is 3.58. The molecule has 0 aromatic carbocycles. The summed E-state index contributed by atoms with van der Waals surface area (Å²) in [4.78, 5) is 30.1. The maximum atomic E-state index is 13.2. The standard InChI is InChI=1S/C22H35N3O2/c1-17(2)14-24(15-20-10-7-13-23(20)3)21(26)16-25(19-11-12-19)22(27)18-8-5-4-6-9-18/h7,10,13,17-19H,4-6,8-9,11-12,14-16H2,1-3H3. The summed E-state index contributed by atoms with van der Waals surface area (Å²) in [6.07, 6.45) is 9.64. The zero-order chi connectivity index (χ0) is 19.4. The van der Waals surface area contributed by atoms with Crippen LogP contribution in [-0.2, 0) is 23.2 Å². The highest BCUT2D eigenvalue weighted by molar-refractivity contribution is 5.86. The number of carbonyl (C=O) groups excluding carboxylic acids is 2. The van der Waals surface area contributed by atoms with Gasteiger partial charge in [0.25, 0.3) is 0 Å². The second kappa shape index (κ2) is 8.94. The summed E-state index contributed by atoms with van der Waals surface area (Å²) in [5, 5.41) is 0. The smallest absolute Gasteiger partial charge is 0.242 e. The van der Waals surface area contributed by atoms with E-state index in [-0.39, 0.29) is 24.3 Å². The third kappa shape index (κ3) is 5.36. The SMILES string of the molecule is CC(C)CN(Cc1cccn1C)C(=O)CN(C(=O)C1CCCCC1)C1CC1. The first-order valence-electron chi connectivity index (χ1n) is 10.6. The van der Waals surface area contributed by atoms with Gasteiger partial charge in [-0.2, -0.15) is 0 Å². The van der Waals surface area contributed by atoms with Gasteiger partial charge in [0.05, 0.1) is 6.54 Å². The Morgan fingerprint density at radius 1 is 1.15 bits per heavy atom. The minimum Gasteiger partial charge on any atom is -0.353 e. The van der Waals surface area contributed by atoms with E-state index in [2.05, 4.69) is 24.5 Å².